The van der Waals surface area contributed by atoms with Crippen LogP contribution in [0.15, 0.2) is 24.3 Å². The average Bonchev–Trinajstić information content (AvgIpc) is 3.12. The number of hydrogen-bond donors (Lipinski definition) is 2. The molecule has 1 fully saturated rings. The summed E-state index contributed by atoms with van der Waals surface area (Å²) in [7, 11) is 0. The van der Waals surface area contributed by atoms with Crippen molar-refractivity contribution in [2.45, 2.75) is 38.3 Å². The van der Waals surface area contributed by atoms with E-state index in [4.69, 9.17) is 0 Å². The maximum atomic E-state index is 13.0. The van der Waals surface area contributed by atoms with Gasteiger partial charge in [0.1, 0.15) is 5.82 Å². The van der Waals surface area contributed by atoms with Crippen LogP contribution in [-0.4, -0.2) is 18.5 Å². The molecule has 3 nitrogen and oxygen atoms in total. The zero-order valence-electron chi connectivity index (χ0n) is 10.6. The summed E-state index contributed by atoms with van der Waals surface area (Å²) >= 11 is 0. The van der Waals surface area contributed by atoms with Gasteiger partial charge in [0, 0.05) is 25.0 Å². The highest BCUT2D eigenvalue weighted by Gasteiger charge is 2.22. The van der Waals surface area contributed by atoms with Gasteiger partial charge in [-0.25, -0.2) is 4.39 Å². The van der Waals surface area contributed by atoms with Crippen LogP contribution in [0, 0.1) is 5.82 Å². The monoisotopic (exact) mass is 250 g/mol. The Kier molecular flexibility index (Phi) is 4.31. The first-order valence-corrected chi connectivity index (χ1v) is 6.43. The van der Waals surface area contributed by atoms with Gasteiger partial charge in [-0.05, 0) is 37.5 Å². The van der Waals surface area contributed by atoms with Crippen LogP contribution in [0.3, 0.4) is 0 Å². The normalized spacial score (nSPS) is 16.3. The topological polar surface area (TPSA) is 41.1 Å². The maximum absolute atomic E-state index is 13.0. The summed E-state index contributed by atoms with van der Waals surface area (Å²) in [6.07, 6.45) is 2.69. The maximum Gasteiger partial charge on any atom is 0.221 e. The third-order valence-corrected chi connectivity index (χ3v) is 3.09. The Labute approximate surface area is 107 Å². The Morgan fingerprint density at radius 3 is 2.94 bits per heavy atom. The molecule has 18 heavy (non-hydrogen) atoms. The number of amides is 1. The SMILES string of the molecule is C[C@H](NCCC(=O)NC1CC1)c1cccc(F)c1. The lowest BCUT2D eigenvalue weighted by atomic mass is 10.1. The van der Waals surface area contributed by atoms with Crippen LogP contribution in [0.5, 0.6) is 0 Å². The van der Waals surface area contributed by atoms with Gasteiger partial charge in [-0.15, -0.1) is 0 Å². The minimum Gasteiger partial charge on any atom is -0.353 e. The average molecular weight is 250 g/mol. The van der Waals surface area contributed by atoms with Crippen molar-refractivity contribution in [3.63, 3.8) is 0 Å². The quantitative estimate of drug-likeness (QED) is 0.812. The third kappa shape index (κ3) is 4.11. The Morgan fingerprint density at radius 1 is 1.50 bits per heavy atom. The van der Waals surface area contributed by atoms with Crippen molar-refractivity contribution in [2.24, 2.45) is 0 Å². The van der Waals surface area contributed by atoms with Gasteiger partial charge in [-0.1, -0.05) is 12.1 Å². The van der Waals surface area contributed by atoms with E-state index in [2.05, 4.69) is 10.6 Å². The molecule has 0 aromatic heterocycles. The van der Waals surface area contributed by atoms with Gasteiger partial charge >= 0.3 is 0 Å². The molecule has 1 amide bonds. The predicted octanol–water partition coefficient (Wildman–Crippen LogP) is 2.14. The van der Waals surface area contributed by atoms with Crippen molar-refractivity contribution in [3.05, 3.63) is 35.6 Å². The van der Waals surface area contributed by atoms with Crippen LogP contribution in [0.2, 0.25) is 0 Å². The molecule has 0 saturated heterocycles. The predicted molar refractivity (Wildman–Crippen MR) is 68.6 cm³/mol. The molecular weight excluding hydrogens is 231 g/mol. The fraction of sp³-hybridized carbons (Fsp3) is 0.500. The van der Waals surface area contributed by atoms with Crippen molar-refractivity contribution in [1.82, 2.24) is 10.6 Å². The van der Waals surface area contributed by atoms with Crippen molar-refractivity contribution >= 4 is 5.91 Å². The minimum atomic E-state index is -0.229. The molecule has 1 saturated carbocycles. The number of benzene rings is 1. The van der Waals surface area contributed by atoms with E-state index >= 15 is 0 Å². The zero-order chi connectivity index (χ0) is 13.0. The fourth-order valence-electron chi connectivity index (χ4n) is 1.82. The first-order chi connectivity index (χ1) is 8.65. The first kappa shape index (κ1) is 13.0. The van der Waals surface area contributed by atoms with Crippen LogP contribution in [0.4, 0.5) is 4.39 Å². The van der Waals surface area contributed by atoms with Crippen LogP contribution in [-0.2, 0) is 4.79 Å². The van der Waals surface area contributed by atoms with E-state index < -0.39 is 0 Å². The summed E-state index contributed by atoms with van der Waals surface area (Å²) in [5.74, 6) is -0.135. The molecule has 1 aromatic carbocycles. The van der Waals surface area contributed by atoms with Crippen LogP contribution >= 0.6 is 0 Å². The molecule has 0 aliphatic heterocycles. The molecule has 0 heterocycles. The van der Waals surface area contributed by atoms with Gasteiger partial charge < -0.3 is 10.6 Å². The molecule has 1 aliphatic rings. The molecule has 98 valence electrons. The van der Waals surface area contributed by atoms with E-state index in [1.54, 1.807) is 6.07 Å². The van der Waals surface area contributed by atoms with Gasteiger partial charge in [-0.3, -0.25) is 4.79 Å². The standard InChI is InChI=1S/C14H19FN2O/c1-10(11-3-2-4-12(15)9-11)16-8-7-14(18)17-13-5-6-13/h2-4,9-10,13,16H,5-8H2,1H3,(H,17,18)/t10-/m0/s1. The Bertz CT molecular complexity index is 418. The molecule has 2 N–H and O–H groups in total. The van der Waals surface area contributed by atoms with Gasteiger partial charge in [-0.2, -0.15) is 0 Å². The largest absolute Gasteiger partial charge is 0.353 e. The molecule has 1 aromatic rings. The van der Waals surface area contributed by atoms with E-state index in [1.807, 2.05) is 13.0 Å². The number of halogens is 1. The molecule has 1 atom stereocenters. The Hall–Kier alpha value is -1.42. The Balaban J connectivity index is 1.70. The molecule has 4 heteroatoms. The van der Waals surface area contributed by atoms with Crippen molar-refractivity contribution in [1.29, 1.82) is 0 Å². The van der Waals surface area contributed by atoms with E-state index in [9.17, 15) is 9.18 Å². The van der Waals surface area contributed by atoms with Gasteiger partial charge in [0.25, 0.3) is 0 Å². The number of carbonyl (C=O) groups is 1. The lowest BCUT2D eigenvalue weighted by Crippen LogP contribution is -2.30. The molecule has 0 bridgehead atoms. The third-order valence-electron chi connectivity index (χ3n) is 3.09. The van der Waals surface area contributed by atoms with Crippen molar-refractivity contribution in [2.75, 3.05) is 6.54 Å². The van der Waals surface area contributed by atoms with Crippen molar-refractivity contribution in [3.8, 4) is 0 Å². The van der Waals surface area contributed by atoms with Crippen LogP contribution < -0.4 is 10.6 Å². The van der Waals surface area contributed by atoms with Gasteiger partial charge in [0.15, 0.2) is 0 Å². The minimum absolute atomic E-state index is 0.0504. The molecule has 1 aliphatic carbocycles. The fourth-order valence-corrected chi connectivity index (χ4v) is 1.82. The smallest absolute Gasteiger partial charge is 0.221 e. The Morgan fingerprint density at radius 2 is 2.28 bits per heavy atom. The van der Waals surface area contributed by atoms with Crippen LogP contribution in [0.25, 0.3) is 0 Å². The summed E-state index contributed by atoms with van der Waals surface area (Å²) in [5.41, 5.74) is 0.901. The van der Waals surface area contributed by atoms with Gasteiger partial charge in [0.05, 0.1) is 0 Å². The number of nitrogens with one attached hydrogen (secondary N) is 2. The van der Waals surface area contributed by atoms with E-state index in [0.29, 0.717) is 19.0 Å². The zero-order valence-corrected chi connectivity index (χ0v) is 10.6. The summed E-state index contributed by atoms with van der Waals surface area (Å²) < 4.78 is 13.0. The summed E-state index contributed by atoms with van der Waals surface area (Å²) in [6.45, 7) is 2.57. The molecule has 0 spiro atoms. The second-order valence-corrected chi connectivity index (χ2v) is 4.82. The van der Waals surface area contributed by atoms with Gasteiger partial charge in [0.2, 0.25) is 5.91 Å². The van der Waals surface area contributed by atoms with E-state index in [-0.39, 0.29) is 17.8 Å². The molecular formula is C14H19FN2O. The molecule has 2 rings (SSSR count). The lowest BCUT2D eigenvalue weighted by molar-refractivity contribution is -0.121. The highest BCUT2D eigenvalue weighted by Crippen LogP contribution is 2.18. The van der Waals surface area contributed by atoms with Crippen molar-refractivity contribution < 1.29 is 9.18 Å². The number of rotatable bonds is 6. The lowest BCUT2D eigenvalue weighted by Gasteiger charge is -2.14. The van der Waals surface area contributed by atoms with E-state index in [0.717, 1.165) is 18.4 Å². The number of carbonyl (C=O) groups excluding carboxylic acids is 1. The second-order valence-electron chi connectivity index (χ2n) is 4.82. The van der Waals surface area contributed by atoms with E-state index in [1.165, 1.54) is 12.1 Å². The van der Waals surface area contributed by atoms with Crippen LogP contribution in [0.1, 0.15) is 37.8 Å². The highest BCUT2D eigenvalue weighted by molar-refractivity contribution is 5.76. The molecule has 0 unspecified atom stereocenters. The summed E-state index contributed by atoms with van der Waals surface area (Å²) in [6, 6.07) is 6.99. The number of hydrogen-bond acceptors (Lipinski definition) is 2. The second kappa shape index (κ2) is 5.96. The molecule has 0 radical (unpaired) electrons. The highest BCUT2D eigenvalue weighted by atomic mass is 19.1. The summed E-state index contributed by atoms with van der Waals surface area (Å²) in [5, 5.41) is 6.16. The first-order valence-electron chi connectivity index (χ1n) is 6.43. The summed E-state index contributed by atoms with van der Waals surface area (Å²) in [4.78, 5) is 11.5.